The lowest BCUT2D eigenvalue weighted by molar-refractivity contribution is -0.123. The summed E-state index contributed by atoms with van der Waals surface area (Å²) in [5.74, 6) is -0.112. The Labute approximate surface area is 158 Å². The summed E-state index contributed by atoms with van der Waals surface area (Å²) in [6, 6.07) is 14.8. The average Bonchev–Trinajstić information content (AvgIpc) is 2.64. The summed E-state index contributed by atoms with van der Waals surface area (Å²) in [7, 11) is 0. The van der Waals surface area contributed by atoms with Crippen molar-refractivity contribution in [1.29, 1.82) is 0 Å². The van der Waals surface area contributed by atoms with Crippen LogP contribution in [0.15, 0.2) is 53.4 Å². The van der Waals surface area contributed by atoms with E-state index < -0.39 is 5.91 Å². The zero-order valence-corrected chi connectivity index (χ0v) is 16.1. The molecule has 2 rings (SSSR count). The van der Waals surface area contributed by atoms with Crippen molar-refractivity contribution in [2.24, 2.45) is 0 Å². The van der Waals surface area contributed by atoms with E-state index in [4.69, 9.17) is 4.74 Å². The Morgan fingerprint density at radius 1 is 1.04 bits per heavy atom. The molecule has 2 aromatic carbocycles. The van der Waals surface area contributed by atoms with E-state index in [0.717, 1.165) is 16.9 Å². The molecule has 0 atom stereocenters. The fourth-order valence-electron chi connectivity index (χ4n) is 2.27. The Hall–Kier alpha value is -2.47. The maximum Gasteiger partial charge on any atom is 0.276 e. The smallest absolute Gasteiger partial charge is 0.276 e. The van der Waals surface area contributed by atoms with Gasteiger partial charge in [-0.1, -0.05) is 39.0 Å². The number of carbonyl (C=O) groups is 2. The molecular formula is C20H24N2O3S. The lowest BCUT2D eigenvalue weighted by atomic mass is 10.1. The molecule has 0 radical (unpaired) electrons. The summed E-state index contributed by atoms with van der Waals surface area (Å²) in [5.41, 5.74) is 6.28. The highest BCUT2D eigenvalue weighted by molar-refractivity contribution is 7.99. The first kappa shape index (κ1) is 19.8. The van der Waals surface area contributed by atoms with Crippen molar-refractivity contribution in [1.82, 2.24) is 10.9 Å². The quantitative estimate of drug-likeness (QED) is 0.576. The van der Waals surface area contributed by atoms with E-state index in [1.807, 2.05) is 43.3 Å². The van der Waals surface area contributed by atoms with Crippen LogP contribution >= 0.6 is 11.8 Å². The van der Waals surface area contributed by atoms with Crippen molar-refractivity contribution < 1.29 is 14.3 Å². The first-order chi connectivity index (χ1) is 12.5. The molecule has 0 saturated carbocycles. The third-order valence-electron chi connectivity index (χ3n) is 3.52. The molecule has 26 heavy (non-hydrogen) atoms. The number of nitrogens with one attached hydrogen (secondary N) is 2. The summed E-state index contributed by atoms with van der Waals surface area (Å²) >= 11 is 1.73. The molecule has 0 aromatic heterocycles. The van der Waals surface area contributed by atoms with E-state index >= 15 is 0 Å². The van der Waals surface area contributed by atoms with Gasteiger partial charge in [0, 0.05) is 15.7 Å². The number of benzene rings is 2. The minimum absolute atomic E-state index is 0.165. The second kappa shape index (κ2) is 9.87. The molecular weight excluding hydrogens is 348 g/mol. The molecule has 0 heterocycles. The monoisotopic (exact) mass is 372 g/mol. The van der Waals surface area contributed by atoms with E-state index in [0.29, 0.717) is 16.6 Å². The fourth-order valence-corrected chi connectivity index (χ4v) is 3.11. The van der Waals surface area contributed by atoms with Crippen molar-refractivity contribution >= 4 is 23.6 Å². The molecule has 0 saturated heterocycles. The van der Waals surface area contributed by atoms with Crippen LogP contribution in [0.3, 0.4) is 0 Å². The van der Waals surface area contributed by atoms with Crippen LogP contribution < -0.4 is 15.6 Å². The Balaban J connectivity index is 1.80. The number of para-hydroxylation sites is 1. The Kier molecular flexibility index (Phi) is 7.53. The summed E-state index contributed by atoms with van der Waals surface area (Å²) in [5, 5.41) is 0.479. The van der Waals surface area contributed by atoms with E-state index in [1.165, 1.54) is 0 Å². The van der Waals surface area contributed by atoms with Crippen molar-refractivity contribution in [3.8, 4) is 5.75 Å². The highest BCUT2D eigenvalue weighted by Gasteiger charge is 2.09. The zero-order chi connectivity index (χ0) is 18.9. The molecule has 2 amide bonds. The highest BCUT2D eigenvalue weighted by atomic mass is 32.2. The van der Waals surface area contributed by atoms with Crippen LogP contribution in [0.5, 0.6) is 5.75 Å². The molecule has 0 aliphatic heterocycles. The SMILES string of the molecule is CCc1ccccc1OCC(=O)NNC(=O)c1ccc(SC(C)C)cc1. The molecule has 0 spiro atoms. The zero-order valence-electron chi connectivity index (χ0n) is 15.2. The number of rotatable bonds is 7. The Bertz CT molecular complexity index is 745. The van der Waals surface area contributed by atoms with Crippen molar-refractivity contribution in [3.05, 3.63) is 59.7 Å². The van der Waals surface area contributed by atoms with Crippen molar-refractivity contribution in [3.63, 3.8) is 0 Å². The third kappa shape index (κ3) is 6.11. The lowest BCUT2D eigenvalue weighted by Gasteiger charge is -2.11. The topological polar surface area (TPSA) is 67.4 Å². The van der Waals surface area contributed by atoms with Gasteiger partial charge in [0.05, 0.1) is 0 Å². The summed E-state index contributed by atoms with van der Waals surface area (Å²) in [4.78, 5) is 25.1. The van der Waals surface area contributed by atoms with Crippen LogP contribution in [0.1, 0.15) is 36.7 Å². The molecule has 0 bridgehead atoms. The van der Waals surface area contributed by atoms with Gasteiger partial charge in [-0.05, 0) is 42.3 Å². The Morgan fingerprint density at radius 3 is 2.38 bits per heavy atom. The number of thioether (sulfide) groups is 1. The highest BCUT2D eigenvalue weighted by Crippen LogP contribution is 2.22. The maximum absolute atomic E-state index is 12.1. The van der Waals surface area contributed by atoms with Gasteiger partial charge in [-0.25, -0.2) is 0 Å². The van der Waals surface area contributed by atoms with Gasteiger partial charge in [-0.3, -0.25) is 20.4 Å². The fraction of sp³-hybridized carbons (Fsp3) is 0.300. The second-order valence-corrected chi connectivity index (χ2v) is 7.59. The molecule has 0 fully saturated rings. The number of hydrazine groups is 1. The third-order valence-corrected chi connectivity index (χ3v) is 4.53. The first-order valence-electron chi connectivity index (χ1n) is 8.56. The average molecular weight is 372 g/mol. The maximum atomic E-state index is 12.1. The van der Waals surface area contributed by atoms with Gasteiger partial charge in [0.15, 0.2) is 6.61 Å². The molecule has 138 valence electrons. The van der Waals surface area contributed by atoms with Crippen LogP contribution in [-0.2, 0) is 11.2 Å². The summed E-state index contributed by atoms with van der Waals surface area (Å²) < 4.78 is 5.51. The largest absolute Gasteiger partial charge is 0.483 e. The van der Waals surface area contributed by atoms with E-state index in [1.54, 1.807) is 23.9 Å². The number of aryl methyl sites for hydroxylation is 1. The normalized spacial score (nSPS) is 10.5. The second-order valence-electron chi connectivity index (χ2n) is 5.94. The lowest BCUT2D eigenvalue weighted by Crippen LogP contribution is -2.43. The van der Waals surface area contributed by atoms with Gasteiger partial charge < -0.3 is 4.74 Å². The van der Waals surface area contributed by atoms with Crippen LogP contribution in [-0.4, -0.2) is 23.7 Å². The van der Waals surface area contributed by atoms with Crippen LogP contribution in [0.4, 0.5) is 0 Å². The van der Waals surface area contributed by atoms with Gasteiger partial charge in [0.1, 0.15) is 5.75 Å². The predicted molar refractivity (Wildman–Crippen MR) is 104 cm³/mol. The van der Waals surface area contributed by atoms with E-state index in [9.17, 15) is 9.59 Å². The minimum Gasteiger partial charge on any atom is -0.483 e. The molecule has 0 aliphatic carbocycles. The van der Waals surface area contributed by atoms with Gasteiger partial charge in [-0.15, -0.1) is 11.8 Å². The predicted octanol–water partition coefficient (Wildman–Crippen LogP) is 3.59. The van der Waals surface area contributed by atoms with Gasteiger partial charge in [0.25, 0.3) is 11.8 Å². The molecule has 0 unspecified atom stereocenters. The summed E-state index contributed by atoms with van der Waals surface area (Å²) in [6.45, 7) is 6.08. The number of ether oxygens (including phenoxy) is 1. The van der Waals surface area contributed by atoms with E-state index in [-0.39, 0.29) is 12.5 Å². The molecule has 2 aromatic rings. The van der Waals surface area contributed by atoms with Gasteiger partial charge >= 0.3 is 0 Å². The minimum atomic E-state index is -0.420. The molecule has 2 N–H and O–H groups in total. The van der Waals surface area contributed by atoms with Crippen molar-refractivity contribution in [2.75, 3.05) is 6.61 Å². The van der Waals surface area contributed by atoms with Crippen LogP contribution in [0, 0.1) is 0 Å². The van der Waals surface area contributed by atoms with Crippen LogP contribution in [0.25, 0.3) is 0 Å². The number of amides is 2. The first-order valence-corrected chi connectivity index (χ1v) is 9.44. The summed E-state index contributed by atoms with van der Waals surface area (Å²) in [6.07, 6.45) is 0.819. The van der Waals surface area contributed by atoms with Crippen LogP contribution in [0.2, 0.25) is 0 Å². The molecule has 5 nitrogen and oxygen atoms in total. The Morgan fingerprint density at radius 2 is 1.73 bits per heavy atom. The number of carbonyl (C=O) groups excluding carboxylic acids is 2. The van der Waals surface area contributed by atoms with Gasteiger partial charge in [0.2, 0.25) is 0 Å². The number of hydrogen-bond donors (Lipinski definition) is 2. The molecule has 6 heteroatoms. The number of hydrogen-bond acceptors (Lipinski definition) is 4. The standard InChI is InChI=1S/C20H24N2O3S/c1-4-15-7-5-6-8-18(15)25-13-19(23)21-22-20(24)16-9-11-17(12-10-16)26-14(2)3/h5-12,14H,4,13H2,1-3H3,(H,21,23)(H,22,24). The van der Waals surface area contributed by atoms with Crippen molar-refractivity contribution in [2.45, 2.75) is 37.3 Å². The molecule has 0 aliphatic rings. The van der Waals surface area contributed by atoms with Gasteiger partial charge in [-0.2, -0.15) is 0 Å². The van der Waals surface area contributed by atoms with E-state index in [2.05, 4.69) is 24.7 Å².